The van der Waals surface area contributed by atoms with E-state index in [1.807, 2.05) is 13.0 Å². The Hall–Kier alpha value is -1.55. The Morgan fingerprint density at radius 1 is 1.50 bits per heavy atom. The number of benzene rings is 1. The van der Waals surface area contributed by atoms with Crippen LogP contribution >= 0.6 is 0 Å². The number of aliphatic carboxylic acids is 1. The summed E-state index contributed by atoms with van der Waals surface area (Å²) in [5.74, 6) is 0.574. The predicted octanol–water partition coefficient (Wildman–Crippen LogP) is 1.96. The van der Waals surface area contributed by atoms with E-state index < -0.39 is 5.97 Å². The lowest BCUT2D eigenvalue weighted by molar-refractivity contribution is -0.143. The molecule has 1 fully saturated rings. The van der Waals surface area contributed by atoms with E-state index in [1.165, 1.54) is 11.1 Å². The van der Waals surface area contributed by atoms with Crippen LogP contribution in [0.15, 0.2) is 18.2 Å². The van der Waals surface area contributed by atoms with Crippen LogP contribution in [0.5, 0.6) is 5.75 Å². The minimum atomic E-state index is -0.683. The molecule has 0 spiro atoms. The number of hydrogen-bond acceptors (Lipinski definition) is 3. The van der Waals surface area contributed by atoms with Crippen LogP contribution in [0.1, 0.15) is 24.5 Å². The molecule has 2 aliphatic rings. The standard InChI is InChI=1S/C16H21NO3/c1-11-4-7-17(15(11)16(18)19)8-5-12-2-3-14-13(10-12)6-9-20-14/h2-3,10-11,15H,4-9H2,1H3,(H,18,19). The number of likely N-dealkylation sites (tertiary alicyclic amines) is 1. The molecule has 2 atom stereocenters. The Morgan fingerprint density at radius 2 is 2.35 bits per heavy atom. The first-order valence-electron chi connectivity index (χ1n) is 7.36. The minimum Gasteiger partial charge on any atom is -0.493 e. The second-order valence-electron chi connectivity index (χ2n) is 5.88. The number of carboxylic acids is 1. The first-order chi connectivity index (χ1) is 9.65. The van der Waals surface area contributed by atoms with Gasteiger partial charge in [-0.15, -0.1) is 0 Å². The van der Waals surface area contributed by atoms with Gasteiger partial charge < -0.3 is 9.84 Å². The average molecular weight is 275 g/mol. The van der Waals surface area contributed by atoms with Gasteiger partial charge in [0.1, 0.15) is 11.8 Å². The molecule has 1 N–H and O–H groups in total. The summed E-state index contributed by atoms with van der Waals surface area (Å²) in [5, 5.41) is 9.32. The van der Waals surface area contributed by atoms with Crippen molar-refractivity contribution >= 4 is 5.97 Å². The quantitative estimate of drug-likeness (QED) is 0.912. The molecule has 0 amide bonds. The fourth-order valence-corrected chi connectivity index (χ4v) is 3.34. The Balaban J connectivity index is 1.63. The minimum absolute atomic E-state index is 0.251. The van der Waals surface area contributed by atoms with Gasteiger partial charge in [-0.3, -0.25) is 9.69 Å². The molecule has 0 aliphatic carbocycles. The van der Waals surface area contributed by atoms with Crippen molar-refractivity contribution in [3.63, 3.8) is 0 Å². The number of carbonyl (C=O) groups is 1. The van der Waals surface area contributed by atoms with E-state index in [4.69, 9.17) is 4.74 Å². The molecule has 2 heterocycles. The van der Waals surface area contributed by atoms with Gasteiger partial charge in [-0.1, -0.05) is 19.1 Å². The summed E-state index contributed by atoms with van der Waals surface area (Å²) in [4.78, 5) is 13.4. The van der Waals surface area contributed by atoms with E-state index >= 15 is 0 Å². The van der Waals surface area contributed by atoms with E-state index in [1.54, 1.807) is 0 Å². The monoisotopic (exact) mass is 275 g/mol. The molecule has 4 heteroatoms. The molecule has 0 saturated carbocycles. The van der Waals surface area contributed by atoms with Crippen LogP contribution in [0.25, 0.3) is 0 Å². The number of carboxylic acid groups (broad SMARTS) is 1. The lowest BCUT2D eigenvalue weighted by atomic mass is 10.0. The smallest absolute Gasteiger partial charge is 0.321 e. The van der Waals surface area contributed by atoms with Gasteiger partial charge >= 0.3 is 5.97 Å². The molecule has 1 aromatic rings. The molecule has 2 aliphatic heterocycles. The van der Waals surface area contributed by atoms with Crippen LogP contribution < -0.4 is 4.74 Å². The molecule has 1 aromatic carbocycles. The maximum absolute atomic E-state index is 11.3. The third kappa shape index (κ3) is 2.52. The zero-order valence-corrected chi connectivity index (χ0v) is 11.8. The van der Waals surface area contributed by atoms with E-state index in [9.17, 15) is 9.90 Å². The zero-order chi connectivity index (χ0) is 14.1. The highest BCUT2D eigenvalue weighted by atomic mass is 16.5. The fraction of sp³-hybridized carbons (Fsp3) is 0.562. The van der Waals surface area contributed by atoms with Crippen molar-refractivity contribution in [1.82, 2.24) is 4.90 Å². The van der Waals surface area contributed by atoms with Crippen molar-refractivity contribution in [2.45, 2.75) is 32.2 Å². The van der Waals surface area contributed by atoms with Gasteiger partial charge in [0.25, 0.3) is 0 Å². The summed E-state index contributed by atoms with van der Waals surface area (Å²) >= 11 is 0. The molecular formula is C16H21NO3. The van der Waals surface area contributed by atoms with Gasteiger partial charge in [0.15, 0.2) is 0 Å². The van der Waals surface area contributed by atoms with Crippen molar-refractivity contribution in [3.05, 3.63) is 29.3 Å². The van der Waals surface area contributed by atoms with Gasteiger partial charge in [0.05, 0.1) is 6.61 Å². The Bertz CT molecular complexity index is 514. The summed E-state index contributed by atoms with van der Waals surface area (Å²) in [6.07, 6.45) is 2.88. The van der Waals surface area contributed by atoms with Gasteiger partial charge in [0, 0.05) is 13.0 Å². The Morgan fingerprint density at radius 3 is 3.15 bits per heavy atom. The molecule has 20 heavy (non-hydrogen) atoms. The molecule has 108 valence electrons. The van der Waals surface area contributed by atoms with Crippen molar-refractivity contribution in [1.29, 1.82) is 0 Å². The summed E-state index contributed by atoms with van der Waals surface area (Å²) in [7, 11) is 0. The summed E-state index contributed by atoms with van der Waals surface area (Å²) in [6.45, 7) is 4.53. The zero-order valence-electron chi connectivity index (χ0n) is 11.8. The first-order valence-corrected chi connectivity index (χ1v) is 7.36. The van der Waals surface area contributed by atoms with Crippen LogP contribution in [0.2, 0.25) is 0 Å². The summed E-state index contributed by atoms with van der Waals surface area (Å²) < 4.78 is 5.51. The highest BCUT2D eigenvalue weighted by Crippen LogP contribution is 2.27. The topological polar surface area (TPSA) is 49.8 Å². The third-order valence-corrected chi connectivity index (χ3v) is 4.50. The van der Waals surface area contributed by atoms with E-state index in [-0.39, 0.29) is 12.0 Å². The van der Waals surface area contributed by atoms with E-state index in [2.05, 4.69) is 17.0 Å². The van der Waals surface area contributed by atoms with E-state index in [0.717, 1.165) is 44.7 Å². The third-order valence-electron chi connectivity index (χ3n) is 4.50. The number of nitrogens with zero attached hydrogens (tertiary/aromatic N) is 1. The van der Waals surface area contributed by atoms with Gasteiger partial charge in [-0.2, -0.15) is 0 Å². The van der Waals surface area contributed by atoms with Crippen molar-refractivity contribution in [2.24, 2.45) is 5.92 Å². The fourth-order valence-electron chi connectivity index (χ4n) is 3.34. The van der Waals surface area contributed by atoms with Gasteiger partial charge in [-0.05, 0) is 42.5 Å². The largest absolute Gasteiger partial charge is 0.493 e. The molecular weight excluding hydrogens is 254 g/mol. The van der Waals surface area contributed by atoms with Crippen LogP contribution in [0, 0.1) is 5.92 Å². The maximum atomic E-state index is 11.3. The summed E-state index contributed by atoms with van der Waals surface area (Å²) in [6, 6.07) is 6.03. The van der Waals surface area contributed by atoms with E-state index in [0.29, 0.717) is 0 Å². The Kier molecular flexibility index (Phi) is 3.66. The van der Waals surface area contributed by atoms with Crippen molar-refractivity contribution in [3.8, 4) is 5.75 Å². The lowest BCUT2D eigenvalue weighted by Crippen LogP contribution is -2.40. The van der Waals surface area contributed by atoms with Crippen molar-refractivity contribution < 1.29 is 14.6 Å². The molecule has 3 rings (SSSR count). The number of fused-ring (bicyclic) bond motifs is 1. The van der Waals surface area contributed by atoms with Crippen LogP contribution in [0.4, 0.5) is 0 Å². The highest BCUT2D eigenvalue weighted by Gasteiger charge is 2.36. The van der Waals surface area contributed by atoms with Gasteiger partial charge in [-0.25, -0.2) is 0 Å². The second-order valence-corrected chi connectivity index (χ2v) is 5.88. The number of ether oxygens (including phenoxy) is 1. The highest BCUT2D eigenvalue weighted by molar-refractivity contribution is 5.74. The summed E-state index contributed by atoms with van der Waals surface area (Å²) in [5.41, 5.74) is 2.56. The molecule has 0 aromatic heterocycles. The molecule has 1 saturated heterocycles. The van der Waals surface area contributed by atoms with Crippen LogP contribution in [-0.4, -0.2) is 41.7 Å². The Labute approximate surface area is 119 Å². The average Bonchev–Trinajstić information content (AvgIpc) is 3.01. The molecule has 0 radical (unpaired) electrons. The lowest BCUT2D eigenvalue weighted by Gasteiger charge is -2.23. The normalized spacial score (nSPS) is 25.4. The number of rotatable bonds is 4. The van der Waals surface area contributed by atoms with Crippen LogP contribution in [0.3, 0.4) is 0 Å². The maximum Gasteiger partial charge on any atom is 0.321 e. The number of hydrogen-bond donors (Lipinski definition) is 1. The van der Waals surface area contributed by atoms with Gasteiger partial charge in [0.2, 0.25) is 0 Å². The first kappa shape index (κ1) is 13.4. The SMILES string of the molecule is CC1CCN(CCc2ccc3c(c2)CCO3)C1C(=O)O. The molecule has 0 bridgehead atoms. The van der Waals surface area contributed by atoms with Crippen LogP contribution in [-0.2, 0) is 17.6 Å². The second kappa shape index (κ2) is 5.44. The predicted molar refractivity (Wildman–Crippen MR) is 76.1 cm³/mol. The molecule has 4 nitrogen and oxygen atoms in total. The molecule has 2 unspecified atom stereocenters. The van der Waals surface area contributed by atoms with Crippen molar-refractivity contribution in [2.75, 3.05) is 19.7 Å².